The summed E-state index contributed by atoms with van der Waals surface area (Å²) in [6.45, 7) is 7.64. The number of hydrogen-bond acceptors (Lipinski definition) is 2. The summed E-state index contributed by atoms with van der Waals surface area (Å²) in [4.78, 5) is 0. The number of methoxy groups -OCH3 is 1. The van der Waals surface area contributed by atoms with Crippen LogP contribution in [0.1, 0.15) is 12.5 Å². The largest absolute Gasteiger partial charge is 0.497 e. The van der Waals surface area contributed by atoms with E-state index in [4.69, 9.17) is 4.74 Å². The first-order chi connectivity index (χ1) is 8.69. The highest BCUT2D eigenvalue weighted by molar-refractivity contribution is 5.84. The van der Waals surface area contributed by atoms with E-state index >= 15 is 0 Å². The lowest BCUT2D eigenvalue weighted by atomic mass is 10.1. The van der Waals surface area contributed by atoms with Gasteiger partial charge in [0, 0.05) is 13.1 Å². The molecule has 94 valence electrons. The van der Waals surface area contributed by atoms with Crippen LogP contribution in [-0.2, 0) is 6.54 Å². The smallest absolute Gasteiger partial charge is 0.119 e. The summed E-state index contributed by atoms with van der Waals surface area (Å²) >= 11 is 0. The fourth-order valence-electron chi connectivity index (χ4n) is 1.93. The van der Waals surface area contributed by atoms with Gasteiger partial charge in [0.15, 0.2) is 0 Å². The third-order valence-corrected chi connectivity index (χ3v) is 2.87. The number of nitrogens with one attached hydrogen (secondary N) is 1. The van der Waals surface area contributed by atoms with Crippen molar-refractivity contribution in [3.05, 3.63) is 54.1 Å². The molecule has 2 aromatic carbocycles. The first kappa shape index (κ1) is 12.7. The summed E-state index contributed by atoms with van der Waals surface area (Å²) in [6, 6.07) is 12.6. The fourth-order valence-corrected chi connectivity index (χ4v) is 1.93. The van der Waals surface area contributed by atoms with Gasteiger partial charge in [0.2, 0.25) is 0 Å². The average molecular weight is 241 g/mol. The SMILES string of the molecule is C=C(C)CNCc1ccc2cc(OC)ccc2c1. The van der Waals surface area contributed by atoms with Gasteiger partial charge in [0.05, 0.1) is 7.11 Å². The molecule has 0 aliphatic rings. The number of benzene rings is 2. The van der Waals surface area contributed by atoms with Gasteiger partial charge in [-0.3, -0.25) is 0 Å². The van der Waals surface area contributed by atoms with Gasteiger partial charge in [-0.15, -0.1) is 0 Å². The molecule has 0 aliphatic heterocycles. The predicted molar refractivity (Wildman–Crippen MR) is 77.0 cm³/mol. The van der Waals surface area contributed by atoms with Crippen LogP contribution in [0.5, 0.6) is 5.75 Å². The van der Waals surface area contributed by atoms with Gasteiger partial charge in [-0.1, -0.05) is 30.4 Å². The summed E-state index contributed by atoms with van der Waals surface area (Å²) in [7, 11) is 1.69. The van der Waals surface area contributed by atoms with E-state index in [2.05, 4.69) is 42.2 Å². The monoisotopic (exact) mass is 241 g/mol. The second kappa shape index (κ2) is 5.69. The Kier molecular flexibility index (Phi) is 4.00. The Morgan fingerprint density at radius 2 is 1.89 bits per heavy atom. The maximum atomic E-state index is 5.22. The van der Waals surface area contributed by atoms with E-state index in [1.54, 1.807) is 7.11 Å². The zero-order valence-electron chi connectivity index (χ0n) is 11.0. The molecular formula is C16H19NO. The van der Waals surface area contributed by atoms with Crippen molar-refractivity contribution in [1.29, 1.82) is 0 Å². The number of rotatable bonds is 5. The van der Waals surface area contributed by atoms with Crippen LogP contribution in [0.25, 0.3) is 10.8 Å². The molecular weight excluding hydrogens is 222 g/mol. The second-order valence-corrected chi connectivity index (χ2v) is 4.61. The minimum absolute atomic E-state index is 0.862. The van der Waals surface area contributed by atoms with Crippen molar-refractivity contribution >= 4 is 10.8 Å². The maximum absolute atomic E-state index is 5.22. The van der Waals surface area contributed by atoms with E-state index in [1.165, 1.54) is 16.3 Å². The van der Waals surface area contributed by atoms with Gasteiger partial charge in [-0.25, -0.2) is 0 Å². The van der Waals surface area contributed by atoms with Crippen molar-refractivity contribution in [2.24, 2.45) is 0 Å². The highest BCUT2D eigenvalue weighted by Crippen LogP contribution is 2.21. The van der Waals surface area contributed by atoms with Gasteiger partial charge in [-0.2, -0.15) is 0 Å². The van der Waals surface area contributed by atoms with Crippen LogP contribution in [0.4, 0.5) is 0 Å². The molecule has 0 aromatic heterocycles. The number of hydrogen-bond donors (Lipinski definition) is 1. The van der Waals surface area contributed by atoms with Crippen molar-refractivity contribution in [1.82, 2.24) is 5.32 Å². The van der Waals surface area contributed by atoms with Crippen molar-refractivity contribution in [3.8, 4) is 5.75 Å². The molecule has 0 atom stereocenters. The molecule has 0 saturated carbocycles. The lowest BCUT2D eigenvalue weighted by Crippen LogP contribution is -2.14. The fraction of sp³-hybridized carbons (Fsp3) is 0.250. The molecule has 2 nitrogen and oxygen atoms in total. The molecule has 2 aromatic rings. The summed E-state index contributed by atoms with van der Waals surface area (Å²) in [5, 5.41) is 5.81. The Morgan fingerprint density at radius 3 is 2.61 bits per heavy atom. The van der Waals surface area contributed by atoms with Crippen LogP contribution >= 0.6 is 0 Å². The van der Waals surface area contributed by atoms with Crippen LogP contribution in [-0.4, -0.2) is 13.7 Å². The van der Waals surface area contributed by atoms with Crippen molar-refractivity contribution in [2.75, 3.05) is 13.7 Å². The molecule has 0 radical (unpaired) electrons. The summed E-state index contributed by atoms with van der Waals surface area (Å²) in [5.74, 6) is 0.899. The molecule has 0 unspecified atom stereocenters. The third kappa shape index (κ3) is 3.11. The maximum Gasteiger partial charge on any atom is 0.119 e. The quantitative estimate of drug-likeness (QED) is 0.809. The van der Waals surface area contributed by atoms with Gasteiger partial charge in [0.25, 0.3) is 0 Å². The van der Waals surface area contributed by atoms with Crippen LogP contribution < -0.4 is 10.1 Å². The first-order valence-electron chi connectivity index (χ1n) is 6.11. The Balaban J connectivity index is 2.15. The molecule has 0 bridgehead atoms. The second-order valence-electron chi connectivity index (χ2n) is 4.61. The van der Waals surface area contributed by atoms with E-state index in [9.17, 15) is 0 Å². The molecule has 0 fully saturated rings. The van der Waals surface area contributed by atoms with Crippen LogP contribution in [0.15, 0.2) is 48.6 Å². The highest BCUT2D eigenvalue weighted by Gasteiger charge is 1.99. The number of ether oxygens (including phenoxy) is 1. The van der Waals surface area contributed by atoms with Gasteiger partial charge >= 0.3 is 0 Å². The van der Waals surface area contributed by atoms with E-state index < -0.39 is 0 Å². The number of fused-ring (bicyclic) bond motifs is 1. The van der Waals surface area contributed by atoms with E-state index in [-0.39, 0.29) is 0 Å². The molecule has 0 saturated heterocycles. The van der Waals surface area contributed by atoms with Crippen LogP contribution in [0.3, 0.4) is 0 Å². The topological polar surface area (TPSA) is 21.3 Å². The highest BCUT2D eigenvalue weighted by atomic mass is 16.5. The standard InChI is InChI=1S/C16H19NO/c1-12(2)10-17-11-13-4-5-15-9-16(18-3)7-6-14(15)8-13/h4-9,17H,1,10-11H2,2-3H3. The van der Waals surface area contributed by atoms with Gasteiger partial charge < -0.3 is 10.1 Å². The van der Waals surface area contributed by atoms with E-state index in [1.807, 2.05) is 13.0 Å². The molecule has 2 heteroatoms. The minimum Gasteiger partial charge on any atom is -0.497 e. The summed E-state index contributed by atoms with van der Waals surface area (Å²) < 4.78 is 5.22. The zero-order chi connectivity index (χ0) is 13.0. The third-order valence-electron chi connectivity index (χ3n) is 2.87. The Morgan fingerprint density at radius 1 is 1.17 bits per heavy atom. The van der Waals surface area contributed by atoms with Crippen molar-refractivity contribution < 1.29 is 4.74 Å². The predicted octanol–water partition coefficient (Wildman–Crippen LogP) is 3.51. The summed E-state index contributed by atoms with van der Waals surface area (Å²) in [6.07, 6.45) is 0. The van der Waals surface area contributed by atoms with E-state index in [0.29, 0.717) is 0 Å². The lowest BCUT2D eigenvalue weighted by Gasteiger charge is -2.07. The molecule has 0 spiro atoms. The van der Waals surface area contributed by atoms with Crippen LogP contribution in [0.2, 0.25) is 0 Å². The van der Waals surface area contributed by atoms with Crippen LogP contribution in [0, 0.1) is 0 Å². The first-order valence-corrected chi connectivity index (χ1v) is 6.11. The van der Waals surface area contributed by atoms with Gasteiger partial charge in [0.1, 0.15) is 5.75 Å². The Labute approximate surface area is 108 Å². The normalized spacial score (nSPS) is 10.6. The average Bonchev–Trinajstić information content (AvgIpc) is 2.37. The van der Waals surface area contributed by atoms with Crippen molar-refractivity contribution in [3.63, 3.8) is 0 Å². The molecule has 1 N–H and O–H groups in total. The molecule has 0 heterocycles. The lowest BCUT2D eigenvalue weighted by molar-refractivity contribution is 0.415. The van der Waals surface area contributed by atoms with E-state index in [0.717, 1.165) is 24.4 Å². The molecule has 0 amide bonds. The molecule has 2 rings (SSSR count). The minimum atomic E-state index is 0.862. The molecule has 18 heavy (non-hydrogen) atoms. The van der Waals surface area contributed by atoms with Crippen molar-refractivity contribution in [2.45, 2.75) is 13.5 Å². The Hall–Kier alpha value is -1.80. The zero-order valence-corrected chi connectivity index (χ0v) is 11.0. The summed E-state index contributed by atoms with van der Waals surface area (Å²) in [5.41, 5.74) is 2.44. The van der Waals surface area contributed by atoms with Gasteiger partial charge in [-0.05, 0) is 41.5 Å². The molecule has 0 aliphatic carbocycles. The Bertz CT molecular complexity index is 560.